The van der Waals surface area contributed by atoms with E-state index >= 15 is 0 Å². The van der Waals surface area contributed by atoms with Crippen molar-refractivity contribution < 1.29 is 14.3 Å². The molecule has 0 radical (unpaired) electrons. The van der Waals surface area contributed by atoms with E-state index in [4.69, 9.17) is 4.74 Å². The molecule has 0 spiro atoms. The molecule has 1 rings (SSSR count). The average molecular weight is 320 g/mol. The van der Waals surface area contributed by atoms with E-state index in [0.717, 1.165) is 25.2 Å². The highest BCUT2D eigenvalue weighted by Gasteiger charge is 2.27. The number of hydrogen-bond acceptors (Lipinski definition) is 4. The van der Waals surface area contributed by atoms with Crippen LogP contribution in [0.3, 0.4) is 0 Å². The van der Waals surface area contributed by atoms with E-state index in [-0.39, 0.29) is 11.8 Å². The smallest absolute Gasteiger partial charge is 0.328 e. The minimum atomic E-state index is -0.625. The fraction of sp³-hybridized carbons (Fsp3) is 0.556. The largest absolute Gasteiger partial charge is 0.467 e. The number of nitrogens with zero attached hydrogens (tertiary/aromatic N) is 1. The van der Waals surface area contributed by atoms with Crippen molar-refractivity contribution in [3.63, 3.8) is 0 Å². The molecule has 0 aliphatic heterocycles. The SMILES string of the molecule is CC[C@H](C)[C@@H](NC(=O)c1ccc(N(CC)CC)cc1)C(=O)OC. The molecule has 0 heterocycles. The quantitative estimate of drug-likeness (QED) is 0.748. The van der Waals surface area contributed by atoms with E-state index in [1.807, 2.05) is 26.0 Å². The molecule has 0 unspecified atom stereocenters. The summed E-state index contributed by atoms with van der Waals surface area (Å²) in [6.45, 7) is 9.92. The Morgan fingerprint density at radius 2 is 1.70 bits per heavy atom. The molecule has 1 aromatic carbocycles. The second-order valence-electron chi connectivity index (χ2n) is 5.58. The predicted molar refractivity (Wildman–Crippen MR) is 92.7 cm³/mol. The molecule has 0 saturated carbocycles. The van der Waals surface area contributed by atoms with Gasteiger partial charge in [0, 0.05) is 24.3 Å². The first kappa shape index (κ1) is 19.0. The van der Waals surface area contributed by atoms with Gasteiger partial charge < -0.3 is 15.0 Å². The third-order valence-corrected chi connectivity index (χ3v) is 4.21. The lowest BCUT2D eigenvalue weighted by Crippen LogP contribution is -2.45. The van der Waals surface area contributed by atoms with Crippen LogP contribution in [0.4, 0.5) is 5.69 Å². The molecule has 0 bridgehead atoms. The van der Waals surface area contributed by atoms with Crippen LogP contribution in [0.15, 0.2) is 24.3 Å². The number of rotatable bonds is 8. The molecular weight excluding hydrogens is 292 g/mol. The first-order chi connectivity index (χ1) is 11.0. The number of carbonyl (C=O) groups excluding carboxylic acids is 2. The third-order valence-electron chi connectivity index (χ3n) is 4.21. The maximum Gasteiger partial charge on any atom is 0.328 e. The maximum absolute atomic E-state index is 12.4. The van der Waals surface area contributed by atoms with Crippen molar-refractivity contribution in [3.05, 3.63) is 29.8 Å². The zero-order valence-electron chi connectivity index (χ0n) is 14.8. The number of anilines is 1. The van der Waals surface area contributed by atoms with Crippen molar-refractivity contribution in [2.45, 2.75) is 40.2 Å². The molecule has 0 saturated heterocycles. The normalized spacial score (nSPS) is 13.1. The van der Waals surface area contributed by atoms with Gasteiger partial charge in [-0.2, -0.15) is 0 Å². The molecule has 23 heavy (non-hydrogen) atoms. The lowest BCUT2D eigenvalue weighted by Gasteiger charge is -2.23. The Balaban J connectivity index is 2.85. The maximum atomic E-state index is 12.4. The van der Waals surface area contributed by atoms with E-state index in [2.05, 4.69) is 24.1 Å². The van der Waals surface area contributed by atoms with Crippen LogP contribution in [0, 0.1) is 5.92 Å². The Kier molecular flexibility index (Phi) is 7.59. The van der Waals surface area contributed by atoms with Crippen molar-refractivity contribution in [1.82, 2.24) is 5.32 Å². The summed E-state index contributed by atoms with van der Waals surface area (Å²) in [6, 6.07) is 6.80. The Labute approximate surface area is 139 Å². The van der Waals surface area contributed by atoms with Crippen LogP contribution < -0.4 is 10.2 Å². The van der Waals surface area contributed by atoms with Gasteiger partial charge in [-0.1, -0.05) is 20.3 Å². The molecule has 5 heteroatoms. The molecular formula is C18H28N2O3. The van der Waals surface area contributed by atoms with Gasteiger partial charge in [0.05, 0.1) is 7.11 Å². The van der Waals surface area contributed by atoms with Gasteiger partial charge >= 0.3 is 5.97 Å². The molecule has 0 aliphatic carbocycles. The van der Waals surface area contributed by atoms with Gasteiger partial charge in [-0.25, -0.2) is 4.79 Å². The Morgan fingerprint density at radius 3 is 2.13 bits per heavy atom. The summed E-state index contributed by atoms with van der Waals surface area (Å²) in [5, 5.41) is 2.78. The van der Waals surface area contributed by atoms with E-state index in [1.165, 1.54) is 7.11 Å². The average Bonchev–Trinajstić information content (AvgIpc) is 2.59. The number of hydrogen-bond donors (Lipinski definition) is 1. The lowest BCUT2D eigenvalue weighted by molar-refractivity contribution is -0.144. The summed E-state index contributed by atoms with van der Waals surface area (Å²) < 4.78 is 4.79. The fourth-order valence-corrected chi connectivity index (χ4v) is 2.43. The second kappa shape index (κ2) is 9.18. The summed E-state index contributed by atoms with van der Waals surface area (Å²) in [5.41, 5.74) is 1.62. The van der Waals surface area contributed by atoms with Crippen LogP contribution in [0.2, 0.25) is 0 Å². The van der Waals surface area contributed by atoms with Crippen LogP contribution in [-0.4, -0.2) is 38.1 Å². The summed E-state index contributed by atoms with van der Waals surface area (Å²) in [7, 11) is 1.34. The van der Waals surface area contributed by atoms with Gasteiger partial charge in [0.1, 0.15) is 6.04 Å². The molecule has 2 atom stereocenters. The van der Waals surface area contributed by atoms with E-state index < -0.39 is 12.0 Å². The lowest BCUT2D eigenvalue weighted by atomic mass is 9.99. The van der Waals surface area contributed by atoms with Gasteiger partial charge in [0.2, 0.25) is 0 Å². The predicted octanol–water partition coefficient (Wildman–Crippen LogP) is 2.85. The van der Waals surface area contributed by atoms with E-state index in [0.29, 0.717) is 5.56 Å². The van der Waals surface area contributed by atoms with Crippen molar-refractivity contribution in [2.24, 2.45) is 5.92 Å². The number of methoxy groups -OCH3 is 1. The zero-order chi connectivity index (χ0) is 17.4. The zero-order valence-corrected chi connectivity index (χ0v) is 14.8. The number of nitrogens with one attached hydrogen (secondary N) is 1. The molecule has 128 valence electrons. The molecule has 1 N–H and O–H groups in total. The topological polar surface area (TPSA) is 58.6 Å². The van der Waals surface area contributed by atoms with Gasteiger partial charge in [0.25, 0.3) is 5.91 Å². The van der Waals surface area contributed by atoms with Crippen LogP contribution in [-0.2, 0) is 9.53 Å². The minimum Gasteiger partial charge on any atom is -0.467 e. The fourth-order valence-electron chi connectivity index (χ4n) is 2.43. The molecule has 0 aliphatic rings. The van der Waals surface area contributed by atoms with Crippen LogP contribution in [0.1, 0.15) is 44.5 Å². The first-order valence-corrected chi connectivity index (χ1v) is 8.22. The highest BCUT2D eigenvalue weighted by atomic mass is 16.5. The monoisotopic (exact) mass is 320 g/mol. The highest BCUT2D eigenvalue weighted by Crippen LogP contribution is 2.16. The Bertz CT molecular complexity index is 510. The molecule has 0 fully saturated rings. The second-order valence-corrected chi connectivity index (χ2v) is 5.58. The van der Waals surface area contributed by atoms with Crippen molar-refractivity contribution in [2.75, 3.05) is 25.1 Å². The summed E-state index contributed by atoms with van der Waals surface area (Å²) in [4.78, 5) is 26.4. The third kappa shape index (κ3) is 4.98. The van der Waals surface area contributed by atoms with Crippen LogP contribution in [0.25, 0.3) is 0 Å². The van der Waals surface area contributed by atoms with Crippen molar-refractivity contribution in [1.29, 1.82) is 0 Å². The van der Waals surface area contributed by atoms with E-state index in [9.17, 15) is 9.59 Å². The van der Waals surface area contributed by atoms with Crippen LogP contribution >= 0.6 is 0 Å². The number of ether oxygens (including phenoxy) is 1. The Hall–Kier alpha value is -2.04. The molecule has 1 aromatic rings. The number of esters is 1. The molecule has 0 aromatic heterocycles. The summed E-state index contributed by atoms with van der Waals surface area (Å²) in [5.74, 6) is -0.652. The van der Waals surface area contributed by atoms with Crippen molar-refractivity contribution in [3.8, 4) is 0 Å². The van der Waals surface area contributed by atoms with E-state index in [1.54, 1.807) is 12.1 Å². The molecule has 1 amide bonds. The number of carbonyl (C=O) groups is 2. The van der Waals surface area contributed by atoms with Gasteiger partial charge in [-0.05, 0) is 44.0 Å². The van der Waals surface area contributed by atoms with Crippen LogP contribution in [0.5, 0.6) is 0 Å². The van der Waals surface area contributed by atoms with Gasteiger partial charge in [0.15, 0.2) is 0 Å². The number of benzene rings is 1. The number of amides is 1. The van der Waals surface area contributed by atoms with Crippen molar-refractivity contribution >= 4 is 17.6 Å². The molecule has 5 nitrogen and oxygen atoms in total. The van der Waals surface area contributed by atoms with Gasteiger partial charge in [-0.3, -0.25) is 4.79 Å². The first-order valence-electron chi connectivity index (χ1n) is 8.22. The summed E-state index contributed by atoms with van der Waals surface area (Å²) >= 11 is 0. The van der Waals surface area contributed by atoms with Gasteiger partial charge in [-0.15, -0.1) is 0 Å². The standard InChI is InChI=1S/C18H28N2O3/c1-6-13(4)16(18(22)23-5)19-17(21)14-9-11-15(12-10-14)20(7-2)8-3/h9-13,16H,6-8H2,1-5H3,(H,19,21)/t13-,16+/m0/s1. The Morgan fingerprint density at radius 1 is 1.13 bits per heavy atom. The minimum absolute atomic E-state index is 0.0151. The highest BCUT2D eigenvalue weighted by molar-refractivity contribution is 5.97. The summed E-state index contributed by atoms with van der Waals surface area (Å²) in [6.07, 6.45) is 0.779.